The number of nitrogens with zero attached hydrogens (tertiary/aromatic N) is 4. The van der Waals surface area contributed by atoms with E-state index in [1.807, 2.05) is 0 Å². The van der Waals surface area contributed by atoms with Crippen molar-refractivity contribution in [2.75, 3.05) is 13.6 Å². The zero-order chi connectivity index (χ0) is 19.1. The second-order valence-electron chi connectivity index (χ2n) is 5.78. The zero-order valence-electron chi connectivity index (χ0n) is 14.0. The number of aromatic hydroxyl groups is 1. The molecule has 0 aromatic heterocycles. The van der Waals surface area contributed by atoms with E-state index in [-0.39, 0.29) is 0 Å². The number of non-ortho nitro benzene ring substituents is 1. The van der Waals surface area contributed by atoms with Gasteiger partial charge >= 0.3 is 11.4 Å². The van der Waals surface area contributed by atoms with Crippen LogP contribution in [-0.2, 0) is 0 Å². The van der Waals surface area contributed by atoms with Crippen LogP contribution in [0.4, 0.5) is 17.1 Å². The van der Waals surface area contributed by atoms with Crippen LogP contribution in [0.15, 0.2) is 12.1 Å². The van der Waals surface area contributed by atoms with Crippen LogP contribution >= 0.6 is 0 Å². The van der Waals surface area contributed by atoms with Crippen LogP contribution in [0.5, 0.6) is 5.75 Å². The van der Waals surface area contributed by atoms with Crippen LogP contribution in [-0.4, -0.2) is 44.4 Å². The molecule has 1 aliphatic heterocycles. The van der Waals surface area contributed by atoms with Crippen LogP contribution in [0.2, 0.25) is 0 Å². The van der Waals surface area contributed by atoms with Crippen LogP contribution in [0.25, 0.3) is 0 Å². The SMILES string of the molecule is CC1CCCCCN1C.O=[N+]([O-])c1cc([N+](=O)[O-])c(O)c([N+](=O)[O-])c1. The van der Waals surface area contributed by atoms with Crippen LogP contribution in [0, 0.1) is 30.3 Å². The van der Waals surface area contributed by atoms with Gasteiger partial charge in [0, 0.05) is 6.04 Å². The van der Waals surface area contributed by atoms with Crippen molar-refractivity contribution in [1.29, 1.82) is 0 Å². The Morgan fingerprint density at radius 3 is 1.96 bits per heavy atom. The van der Waals surface area contributed by atoms with E-state index < -0.39 is 37.6 Å². The Hall–Kier alpha value is -2.82. The molecule has 0 radical (unpaired) electrons. The lowest BCUT2D eigenvalue weighted by molar-refractivity contribution is -0.404. The quantitative estimate of drug-likeness (QED) is 0.640. The highest BCUT2D eigenvalue weighted by molar-refractivity contribution is 5.64. The van der Waals surface area contributed by atoms with Gasteiger partial charge in [-0.2, -0.15) is 0 Å². The summed E-state index contributed by atoms with van der Waals surface area (Å²) in [6, 6.07) is 1.72. The third-order valence-corrected chi connectivity index (χ3v) is 4.04. The van der Waals surface area contributed by atoms with E-state index in [1.165, 1.54) is 32.2 Å². The Morgan fingerprint density at radius 1 is 1.00 bits per heavy atom. The predicted octanol–water partition coefficient (Wildman–Crippen LogP) is 3.00. The first-order valence-corrected chi connectivity index (χ1v) is 7.65. The number of hydrogen-bond acceptors (Lipinski definition) is 8. The first kappa shape index (κ1) is 20.2. The monoisotopic (exact) mass is 356 g/mol. The van der Waals surface area contributed by atoms with Gasteiger partial charge in [-0.25, -0.2) is 0 Å². The molecule has 1 aromatic rings. The third kappa shape index (κ3) is 5.64. The topological polar surface area (TPSA) is 153 Å². The number of nitro benzene ring substituents is 3. The first-order valence-electron chi connectivity index (χ1n) is 7.65. The minimum Gasteiger partial charge on any atom is -0.497 e. The smallest absolute Gasteiger partial charge is 0.324 e. The van der Waals surface area contributed by atoms with Crippen molar-refractivity contribution in [3.63, 3.8) is 0 Å². The van der Waals surface area contributed by atoms with Crippen molar-refractivity contribution in [3.8, 4) is 5.75 Å². The van der Waals surface area contributed by atoms with Crippen LogP contribution < -0.4 is 0 Å². The van der Waals surface area contributed by atoms with E-state index in [0.29, 0.717) is 12.1 Å². The molecule has 2 rings (SSSR count). The Bertz CT molecular complexity index is 620. The summed E-state index contributed by atoms with van der Waals surface area (Å²) >= 11 is 0. The van der Waals surface area contributed by atoms with E-state index >= 15 is 0 Å². The summed E-state index contributed by atoms with van der Waals surface area (Å²) in [7, 11) is 2.23. The number of rotatable bonds is 3. The molecule has 0 bridgehead atoms. The summed E-state index contributed by atoms with van der Waals surface area (Å²) in [5.41, 5.74) is -3.00. The number of phenolic OH excluding ortho intramolecular Hbond substituents is 1. The zero-order valence-corrected chi connectivity index (χ0v) is 14.0. The van der Waals surface area contributed by atoms with Gasteiger partial charge in [0.2, 0.25) is 0 Å². The molecule has 1 heterocycles. The average molecular weight is 356 g/mol. The lowest BCUT2D eigenvalue weighted by Crippen LogP contribution is -2.27. The van der Waals surface area contributed by atoms with Crippen molar-refractivity contribution in [2.45, 2.75) is 38.6 Å². The molecule has 1 aliphatic rings. The van der Waals surface area contributed by atoms with Gasteiger partial charge in [0.15, 0.2) is 0 Å². The molecular formula is C14H20N4O7. The summed E-state index contributed by atoms with van der Waals surface area (Å²) in [4.78, 5) is 30.2. The molecule has 1 unspecified atom stereocenters. The van der Waals surface area contributed by atoms with Gasteiger partial charge in [-0.05, 0) is 33.4 Å². The maximum atomic E-state index is 10.4. The molecule has 1 N–H and O–H groups in total. The van der Waals surface area contributed by atoms with Crippen molar-refractivity contribution >= 4 is 17.1 Å². The van der Waals surface area contributed by atoms with E-state index in [2.05, 4.69) is 18.9 Å². The van der Waals surface area contributed by atoms with Crippen molar-refractivity contribution in [3.05, 3.63) is 42.5 Å². The van der Waals surface area contributed by atoms with E-state index in [1.54, 1.807) is 0 Å². The molecule has 11 heteroatoms. The third-order valence-electron chi connectivity index (χ3n) is 4.04. The second-order valence-corrected chi connectivity index (χ2v) is 5.78. The molecule has 138 valence electrons. The summed E-state index contributed by atoms with van der Waals surface area (Å²) in [5.74, 6) is -1.21. The minimum absolute atomic E-state index is 0.447. The Labute approximate surface area is 143 Å². The van der Waals surface area contributed by atoms with Gasteiger partial charge in [-0.15, -0.1) is 0 Å². The summed E-state index contributed by atoms with van der Waals surface area (Å²) in [6.45, 7) is 3.63. The highest BCUT2D eigenvalue weighted by Crippen LogP contribution is 2.38. The van der Waals surface area contributed by atoms with E-state index in [4.69, 9.17) is 5.11 Å². The normalized spacial score (nSPS) is 17.8. The number of benzene rings is 1. The molecular weight excluding hydrogens is 336 g/mol. The maximum absolute atomic E-state index is 10.4. The van der Waals surface area contributed by atoms with Gasteiger partial charge in [0.25, 0.3) is 11.4 Å². The van der Waals surface area contributed by atoms with Gasteiger partial charge in [-0.3, -0.25) is 30.3 Å². The molecule has 0 aliphatic carbocycles. The highest BCUT2D eigenvalue weighted by atomic mass is 16.6. The lowest BCUT2D eigenvalue weighted by Gasteiger charge is -2.20. The summed E-state index contributed by atoms with van der Waals surface area (Å²) in [6.07, 6.45) is 5.68. The summed E-state index contributed by atoms with van der Waals surface area (Å²) < 4.78 is 0. The molecule has 1 aromatic carbocycles. The average Bonchev–Trinajstić information content (AvgIpc) is 2.71. The van der Waals surface area contributed by atoms with Crippen LogP contribution in [0.3, 0.4) is 0 Å². The Kier molecular flexibility index (Phi) is 7.18. The predicted molar refractivity (Wildman–Crippen MR) is 88.6 cm³/mol. The molecule has 0 saturated carbocycles. The molecule has 25 heavy (non-hydrogen) atoms. The van der Waals surface area contributed by atoms with Gasteiger partial charge in [0.05, 0.1) is 26.9 Å². The number of hydrogen-bond donors (Lipinski definition) is 1. The number of phenols is 1. The molecule has 11 nitrogen and oxygen atoms in total. The Balaban J connectivity index is 0.000000293. The highest BCUT2D eigenvalue weighted by Gasteiger charge is 2.30. The largest absolute Gasteiger partial charge is 0.497 e. The molecule has 1 fully saturated rings. The van der Waals surface area contributed by atoms with E-state index in [9.17, 15) is 30.3 Å². The molecule has 0 amide bonds. The van der Waals surface area contributed by atoms with Gasteiger partial charge < -0.3 is 10.0 Å². The summed E-state index contributed by atoms with van der Waals surface area (Å²) in [5, 5.41) is 40.2. The standard InChI is InChI=1S/C8H17N.C6H3N3O7/c1-8-6-4-3-5-7-9(8)2;10-6-4(8(13)14)1-3(7(11)12)2-5(6)9(15)16/h8H,3-7H2,1-2H3;1-2,10H. The van der Waals surface area contributed by atoms with Crippen molar-refractivity contribution in [2.24, 2.45) is 0 Å². The Morgan fingerprint density at radius 2 is 1.52 bits per heavy atom. The fourth-order valence-electron chi connectivity index (χ4n) is 2.39. The fraction of sp³-hybridized carbons (Fsp3) is 0.571. The van der Waals surface area contributed by atoms with E-state index in [0.717, 1.165) is 6.04 Å². The van der Waals surface area contributed by atoms with Crippen molar-refractivity contribution < 1.29 is 19.9 Å². The van der Waals surface area contributed by atoms with Crippen LogP contribution in [0.1, 0.15) is 32.6 Å². The fourth-order valence-corrected chi connectivity index (χ4v) is 2.39. The maximum Gasteiger partial charge on any atom is 0.324 e. The lowest BCUT2D eigenvalue weighted by atomic mass is 10.1. The first-order chi connectivity index (χ1) is 11.6. The van der Waals surface area contributed by atoms with Crippen molar-refractivity contribution in [1.82, 2.24) is 4.90 Å². The second kappa shape index (κ2) is 8.87. The molecule has 0 spiro atoms. The minimum atomic E-state index is -1.21. The molecule has 1 atom stereocenters. The van der Waals surface area contributed by atoms with Gasteiger partial charge in [-0.1, -0.05) is 12.8 Å². The number of likely N-dealkylation sites (tertiary alicyclic amines) is 1. The number of nitro groups is 3. The van der Waals surface area contributed by atoms with Gasteiger partial charge in [0.1, 0.15) is 0 Å². The molecule has 1 saturated heterocycles.